The number of fused-ring (bicyclic) bond motifs is 1. The number of nitrogens with zero attached hydrogens (tertiary/aromatic N) is 4. The normalized spacial score (nSPS) is 19.2. The van der Waals surface area contributed by atoms with Gasteiger partial charge in [0, 0.05) is 17.9 Å². The van der Waals surface area contributed by atoms with E-state index in [0.29, 0.717) is 20.5 Å². The molecule has 178 valence electrons. The van der Waals surface area contributed by atoms with Crippen LogP contribution in [0.15, 0.2) is 67.0 Å². The molecule has 3 atom stereocenters. The van der Waals surface area contributed by atoms with E-state index in [0.717, 1.165) is 11.9 Å². The van der Waals surface area contributed by atoms with Gasteiger partial charge in [-0.1, -0.05) is 36.4 Å². The van der Waals surface area contributed by atoms with E-state index in [1.807, 2.05) is 16.7 Å². The van der Waals surface area contributed by atoms with E-state index in [-0.39, 0.29) is 43.0 Å². The van der Waals surface area contributed by atoms with Crippen LogP contribution in [0.2, 0.25) is 0 Å². The summed E-state index contributed by atoms with van der Waals surface area (Å²) >= 11 is 2.12. The lowest BCUT2D eigenvalue weighted by molar-refractivity contribution is -0.0307. The van der Waals surface area contributed by atoms with Crippen molar-refractivity contribution in [1.82, 2.24) is 19.5 Å². The number of esters is 2. The number of halogens is 1. The predicted molar refractivity (Wildman–Crippen MR) is 137 cm³/mol. The zero-order valence-corrected chi connectivity index (χ0v) is 20.7. The zero-order valence-electron chi connectivity index (χ0n) is 18.6. The van der Waals surface area contributed by atoms with E-state index < -0.39 is 5.97 Å². The summed E-state index contributed by atoms with van der Waals surface area (Å²) in [6.45, 7) is 0.406. The Morgan fingerprint density at radius 3 is 2.17 bits per heavy atom. The maximum Gasteiger partial charge on any atom is 0.338 e. The lowest BCUT2D eigenvalue weighted by atomic mass is 9.69. The highest BCUT2D eigenvalue weighted by molar-refractivity contribution is 14.1. The Labute approximate surface area is 214 Å². The fourth-order valence-electron chi connectivity index (χ4n) is 4.38. The van der Waals surface area contributed by atoms with Gasteiger partial charge in [-0.05, 0) is 53.3 Å². The second-order valence-electron chi connectivity index (χ2n) is 8.35. The van der Waals surface area contributed by atoms with E-state index in [2.05, 4.69) is 37.5 Å². The number of aromatic nitrogens is 4. The van der Waals surface area contributed by atoms with E-state index in [1.54, 1.807) is 54.9 Å². The monoisotopic (exact) mass is 583 g/mol. The average Bonchev–Trinajstić information content (AvgIpc) is 3.27. The summed E-state index contributed by atoms with van der Waals surface area (Å²) in [6.07, 6.45) is 2.44. The van der Waals surface area contributed by atoms with Gasteiger partial charge in [-0.3, -0.25) is 0 Å². The topological polar surface area (TPSA) is 122 Å². The number of hydrogen-bond donors (Lipinski definition) is 1. The Balaban J connectivity index is 1.34. The van der Waals surface area contributed by atoms with Crippen LogP contribution in [0.4, 0.5) is 5.95 Å². The molecule has 0 amide bonds. The van der Waals surface area contributed by atoms with E-state index in [4.69, 9.17) is 15.2 Å². The lowest BCUT2D eigenvalue weighted by Gasteiger charge is -2.44. The molecule has 2 heterocycles. The Morgan fingerprint density at radius 1 is 0.943 bits per heavy atom. The van der Waals surface area contributed by atoms with Crippen molar-refractivity contribution in [2.24, 2.45) is 11.8 Å². The van der Waals surface area contributed by atoms with Crippen LogP contribution >= 0.6 is 22.6 Å². The molecule has 0 unspecified atom stereocenters. The molecule has 2 N–H and O–H groups in total. The van der Waals surface area contributed by atoms with E-state index in [9.17, 15) is 9.59 Å². The maximum atomic E-state index is 12.6. The number of carbonyl (C=O) groups is 2. The Kier molecular flexibility index (Phi) is 6.62. The standard InChI is InChI=1S/C25H22IN5O4/c26-21-20-22(30-25(27)29-21)28-14-31(20)19-11-17(12-34-23(32)15-7-3-1-4-8-15)18(19)13-35-24(33)16-9-5-2-6-10-16/h1-10,14,17-19H,11-13H2,(H2,27,29,30)/t17-,18-,19-/m1/s1. The number of anilines is 1. The molecule has 9 nitrogen and oxygen atoms in total. The number of benzene rings is 2. The number of nitrogens with two attached hydrogens (primary N) is 1. The quantitative estimate of drug-likeness (QED) is 0.198. The minimum Gasteiger partial charge on any atom is -0.462 e. The summed E-state index contributed by atoms with van der Waals surface area (Å²) in [5, 5.41) is 0. The first kappa shape index (κ1) is 23.2. The van der Waals surface area contributed by atoms with Crippen LogP contribution in [0.5, 0.6) is 0 Å². The summed E-state index contributed by atoms with van der Waals surface area (Å²) in [6, 6.07) is 17.7. The highest BCUT2D eigenvalue weighted by Gasteiger charge is 2.44. The van der Waals surface area contributed by atoms with E-state index in [1.165, 1.54) is 0 Å². The second-order valence-corrected chi connectivity index (χ2v) is 9.37. The van der Waals surface area contributed by atoms with Crippen molar-refractivity contribution >= 4 is 51.6 Å². The number of imidazole rings is 1. The highest BCUT2D eigenvalue weighted by Crippen LogP contribution is 2.46. The van der Waals surface area contributed by atoms with Gasteiger partial charge in [-0.15, -0.1) is 0 Å². The van der Waals surface area contributed by atoms with Gasteiger partial charge in [0.05, 0.1) is 30.7 Å². The minimum atomic E-state index is -0.391. The van der Waals surface area contributed by atoms with Gasteiger partial charge < -0.3 is 19.8 Å². The fraction of sp³-hybridized carbons (Fsp3) is 0.240. The Hall–Kier alpha value is -3.54. The molecular formula is C25H22IN5O4. The predicted octanol–water partition coefficient (Wildman–Crippen LogP) is 3.90. The Bertz CT molecular complexity index is 1360. The molecule has 4 aromatic rings. The molecule has 1 saturated carbocycles. The fourth-order valence-corrected chi connectivity index (χ4v) is 5.14. The smallest absolute Gasteiger partial charge is 0.338 e. The van der Waals surface area contributed by atoms with Crippen LogP contribution in [0.1, 0.15) is 33.2 Å². The number of nitrogen functional groups attached to an aromatic ring is 1. The van der Waals surface area contributed by atoms with Gasteiger partial charge in [-0.2, -0.15) is 4.98 Å². The molecule has 2 aromatic heterocycles. The summed E-state index contributed by atoms with van der Waals surface area (Å²) in [4.78, 5) is 37.9. The molecule has 0 aliphatic heterocycles. The molecule has 0 bridgehead atoms. The average molecular weight is 583 g/mol. The Morgan fingerprint density at radius 2 is 1.54 bits per heavy atom. The molecule has 2 aromatic carbocycles. The molecule has 1 aliphatic rings. The van der Waals surface area contributed by atoms with Gasteiger partial charge >= 0.3 is 11.9 Å². The first-order chi connectivity index (χ1) is 17.0. The highest BCUT2D eigenvalue weighted by atomic mass is 127. The zero-order chi connectivity index (χ0) is 24.4. The van der Waals surface area contributed by atoms with Gasteiger partial charge in [0.2, 0.25) is 5.95 Å². The van der Waals surface area contributed by atoms with Crippen molar-refractivity contribution in [2.45, 2.75) is 12.5 Å². The van der Waals surface area contributed by atoms with Gasteiger partial charge in [0.1, 0.15) is 9.22 Å². The van der Waals surface area contributed by atoms with E-state index >= 15 is 0 Å². The molecule has 35 heavy (non-hydrogen) atoms. The lowest BCUT2D eigenvalue weighted by Crippen LogP contribution is -2.44. The third-order valence-electron chi connectivity index (χ3n) is 6.26. The molecule has 0 spiro atoms. The van der Waals surface area contributed by atoms with Crippen molar-refractivity contribution in [1.29, 1.82) is 0 Å². The third-order valence-corrected chi connectivity index (χ3v) is 7.01. The molecule has 0 radical (unpaired) electrons. The molecule has 1 aliphatic carbocycles. The van der Waals surface area contributed by atoms with Gasteiger partial charge in [-0.25, -0.2) is 19.6 Å². The number of rotatable bonds is 7. The van der Waals surface area contributed by atoms with Crippen LogP contribution in [0, 0.1) is 15.5 Å². The number of carbonyl (C=O) groups excluding carboxylic acids is 2. The summed E-state index contributed by atoms with van der Waals surface area (Å²) < 4.78 is 14.0. The van der Waals surface area contributed by atoms with Crippen molar-refractivity contribution in [3.63, 3.8) is 0 Å². The largest absolute Gasteiger partial charge is 0.462 e. The first-order valence-corrected chi connectivity index (χ1v) is 12.2. The molecule has 1 fully saturated rings. The summed E-state index contributed by atoms with van der Waals surface area (Å²) in [5.74, 6) is -0.670. The van der Waals surface area contributed by atoms with Crippen LogP contribution in [-0.2, 0) is 9.47 Å². The maximum absolute atomic E-state index is 12.6. The number of ether oxygens (including phenoxy) is 2. The van der Waals surface area contributed by atoms with Crippen LogP contribution in [0.25, 0.3) is 11.2 Å². The van der Waals surface area contributed by atoms with Crippen molar-refractivity contribution in [2.75, 3.05) is 18.9 Å². The first-order valence-electron chi connectivity index (χ1n) is 11.1. The molecule has 10 heteroatoms. The van der Waals surface area contributed by atoms with Crippen LogP contribution < -0.4 is 5.73 Å². The number of hydrogen-bond acceptors (Lipinski definition) is 8. The molecule has 0 saturated heterocycles. The molecular weight excluding hydrogens is 561 g/mol. The van der Waals surface area contributed by atoms with Crippen molar-refractivity contribution in [3.8, 4) is 0 Å². The summed E-state index contributed by atoms with van der Waals surface area (Å²) in [5.41, 5.74) is 8.06. The van der Waals surface area contributed by atoms with Crippen LogP contribution in [0.3, 0.4) is 0 Å². The summed E-state index contributed by atoms with van der Waals surface area (Å²) in [7, 11) is 0. The SMILES string of the molecule is Nc1nc(I)c2c(ncn2[C@@H]2C[C@H](COC(=O)c3ccccc3)[C@H]2COC(=O)c2ccccc2)n1. The van der Waals surface area contributed by atoms with Crippen LogP contribution in [-0.4, -0.2) is 44.7 Å². The molecule has 5 rings (SSSR count). The minimum absolute atomic E-state index is 0.0149. The van der Waals surface area contributed by atoms with Gasteiger partial charge in [0.25, 0.3) is 0 Å². The van der Waals surface area contributed by atoms with Gasteiger partial charge in [0.15, 0.2) is 5.65 Å². The van der Waals surface area contributed by atoms with Crippen molar-refractivity contribution in [3.05, 3.63) is 81.8 Å². The van der Waals surface area contributed by atoms with Crippen molar-refractivity contribution < 1.29 is 19.1 Å². The third kappa shape index (κ3) is 4.83. The second kappa shape index (κ2) is 9.98.